The van der Waals surface area contributed by atoms with Crippen molar-refractivity contribution in [2.24, 2.45) is 11.8 Å². The zero-order valence-electron chi connectivity index (χ0n) is 18.1. The van der Waals surface area contributed by atoms with Gasteiger partial charge in [0.2, 0.25) is 0 Å². The van der Waals surface area contributed by atoms with Gasteiger partial charge in [0.05, 0.1) is 34.3 Å². The van der Waals surface area contributed by atoms with Crippen LogP contribution in [0.3, 0.4) is 0 Å². The molecule has 1 heterocycles. The number of rotatable bonds is 6. The number of aryl methyl sites for hydroxylation is 2. The molecule has 4 rings (SSSR count). The Kier molecular flexibility index (Phi) is 5.04. The molecular formula is C25H26N2O4. The van der Waals surface area contributed by atoms with Crippen LogP contribution in [0, 0.1) is 25.7 Å². The summed E-state index contributed by atoms with van der Waals surface area (Å²) in [6.07, 6.45) is 0.518. The van der Waals surface area contributed by atoms with Crippen LogP contribution in [0.25, 0.3) is 22.3 Å². The van der Waals surface area contributed by atoms with Gasteiger partial charge in [-0.05, 0) is 55.5 Å². The van der Waals surface area contributed by atoms with Gasteiger partial charge in [-0.3, -0.25) is 9.59 Å². The fourth-order valence-electron chi connectivity index (χ4n) is 4.78. The van der Waals surface area contributed by atoms with Gasteiger partial charge in [-0.25, -0.2) is 9.97 Å². The summed E-state index contributed by atoms with van der Waals surface area (Å²) in [6, 6.07) is 11.8. The Labute approximate surface area is 181 Å². The smallest absolute Gasteiger partial charge is 0.306 e. The maximum Gasteiger partial charge on any atom is 0.306 e. The Morgan fingerprint density at radius 2 is 1.42 bits per heavy atom. The zero-order chi connectivity index (χ0) is 22.5. The van der Waals surface area contributed by atoms with Gasteiger partial charge in [-0.1, -0.05) is 38.1 Å². The minimum Gasteiger partial charge on any atom is -0.481 e. The van der Waals surface area contributed by atoms with Gasteiger partial charge in [0.25, 0.3) is 0 Å². The van der Waals surface area contributed by atoms with Crippen LogP contribution < -0.4 is 0 Å². The van der Waals surface area contributed by atoms with Crippen LogP contribution in [-0.4, -0.2) is 32.1 Å². The third-order valence-electron chi connectivity index (χ3n) is 6.58. The molecule has 0 saturated carbocycles. The predicted molar refractivity (Wildman–Crippen MR) is 118 cm³/mol. The van der Waals surface area contributed by atoms with Gasteiger partial charge >= 0.3 is 11.9 Å². The van der Waals surface area contributed by atoms with E-state index in [1.54, 1.807) is 13.8 Å². The molecule has 6 heteroatoms. The number of carbonyl (C=O) groups is 2. The van der Waals surface area contributed by atoms with Crippen LogP contribution in [0.4, 0.5) is 0 Å². The highest BCUT2D eigenvalue weighted by Crippen LogP contribution is 2.53. The molecule has 0 aliphatic heterocycles. The molecule has 2 aromatic carbocycles. The van der Waals surface area contributed by atoms with E-state index in [1.165, 1.54) is 0 Å². The van der Waals surface area contributed by atoms with E-state index in [0.29, 0.717) is 5.69 Å². The molecule has 160 valence electrons. The summed E-state index contributed by atoms with van der Waals surface area (Å²) >= 11 is 0. The lowest BCUT2D eigenvalue weighted by Crippen LogP contribution is -2.34. The molecule has 1 aliphatic rings. The Hall–Kier alpha value is -3.28. The minimum atomic E-state index is -0.909. The summed E-state index contributed by atoms with van der Waals surface area (Å²) in [6.45, 7) is 7.38. The molecule has 2 atom stereocenters. The first-order chi connectivity index (χ1) is 14.6. The first-order valence-electron chi connectivity index (χ1n) is 10.5. The lowest BCUT2D eigenvalue weighted by Gasteiger charge is -2.34. The number of nitrogens with zero attached hydrogens (tertiary/aromatic N) is 2. The van der Waals surface area contributed by atoms with Crippen LogP contribution in [0.2, 0.25) is 0 Å². The van der Waals surface area contributed by atoms with Crippen LogP contribution in [-0.2, 0) is 15.0 Å². The van der Waals surface area contributed by atoms with Crippen molar-refractivity contribution in [1.29, 1.82) is 0 Å². The quantitative estimate of drug-likeness (QED) is 0.600. The largest absolute Gasteiger partial charge is 0.481 e. The van der Waals surface area contributed by atoms with Crippen LogP contribution >= 0.6 is 0 Å². The SMILES string of the molecule is Cc1cc2nc3c(nc2cc1C)C(CC(C)C(=O)O)(CC(C)C(=O)O)c1ccccc1-3. The summed E-state index contributed by atoms with van der Waals surface area (Å²) in [7, 11) is 0. The molecular weight excluding hydrogens is 392 g/mol. The number of benzene rings is 2. The lowest BCUT2D eigenvalue weighted by atomic mass is 9.69. The number of carboxylic acids is 2. The number of aliphatic carboxylic acids is 2. The average Bonchev–Trinajstić information content (AvgIpc) is 2.96. The second-order valence-electron chi connectivity index (χ2n) is 8.86. The van der Waals surface area contributed by atoms with Crippen molar-refractivity contribution in [2.45, 2.75) is 46.0 Å². The number of hydrogen-bond donors (Lipinski definition) is 2. The molecule has 0 saturated heterocycles. The summed E-state index contributed by atoms with van der Waals surface area (Å²) in [5, 5.41) is 19.4. The fourth-order valence-corrected chi connectivity index (χ4v) is 4.78. The van der Waals surface area contributed by atoms with Gasteiger partial charge in [-0.15, -0.1) is 0 Å². The summed E-state index contributed by atoms with van der Waals surface area (Å²) < 4.78 is 0. The van der Waals surface area contributed by atoms with Gasteiger partial charge in [0.15, 0.2) is 0 Å². The maximum atomic E-state index is 11.8. The van der Waals surface area contributed by atoms with Crippen molar-refractivity contribution >= 4 is 23.0 Å². The van der Waals surface area contributed by atoms with E-state index in [4.69, 9.17) is 9.97 Å². The Balaban J connectivity index is 2.04. The minimum absolute atomic E-state index is 0.259. The number of aromatic nitrogens is 2. The van der Waals surface area contributed by atoms with E-state index in [-0.39, 0.29) is 12.8 Å². The first kappa shape index (κ1) is 21.0. The molecule has 1 aliphatic carbocycles. The molecule has 2 unspecified atom stereocenters. The summed E-state index contributed by atoms with van der Waals surface area (Å²) in [4.78, 5) is 33.6. The molecule has 0 amide bonds. The van der Waals surface area contributed by atoms with Crippen molar-refractivity contribution in [1.82, 2.24) is 9.97 Å². The normalized spacial score (nSPS) is 19.0. The maximum absolute atomic E-state index is 11.8. The van der Waals surface area contributed by atoms with E-state index >= 15 is 0 Å². The first-order valence-corrected chi connectivity index (χ1v) is 10.5. The average molecular weight is 418 g/mol. The van der Waals surface area contributed by atoms with Crippen molar-refractivity contribution in [3.05, 3.63) is 58.8 Å². The van der Waals surface area contributed by atoms with Gasteiger partial charge in [-0.2, -0.15) is 0 Å². The molecule has 0 spiro atoms. The van der Waals surface area contributed by atoms with Gasteiger partial charge in [0.1, 0.15) is 0 Å². The molecule has 31 heavy (non-hydrogen) atoms. The van der Waals surface area contributed by atoms with Crippen molar-refractivity contribution in [3.8, 4) is 11.3 Å². The molecule has 0 bridgehead atoms. The predicted octanol–water partition coefficient (Wildman–Crippen LogP) is 4.73. The molecule has 0 radical (unpaired) electrons. The Morgan fingerprint density at radius 1 is 0.903 bits per heavy atom. The van der Waals surface area contributed by atoms with Gasteiger partial charge < -0.3 is 10.2 Å². The van der Waals surface area contributed by atoms with Crippen LogP contribution in [0.15, 0.2) is 36.4 Å². The zero-order valence-corrected chi connectivity index (χ0v) is 18.1. The second kappa shape index (κ2) is 7.45. The monoisotopic (exact) mass is 418 g/mol. The lowest BCUT2D eigenvalue weighted by molar-refractivity contribution is -0.142. The molecule has 2 N–H and O–H groups in total. The highest BCUT2D eigenvalue weighted by Gasteiger charge is 2.48. The molecule has 6 nitrogen and oxygen atoms in total. The third kappa shape index (κ3) is 3.36. The topological polar surface area (TPSA) is 100 Å². The van der Waals surface area contributed by atoms with Crippen molar-refractivity contribution in [3.63, 3.8) is 0 Å². The Bertz CT molecular complexity index is 1200. The standard InChI is InChI=1S/C25H26N2O4/c1-13-9-19-20(10-14(13)2)27-22-21(26-19)17-7-5-6-8-18(17)25(22,11-15(3)23(28)29)12-16(4)24(30)31/h5-10,15-16H,11-12H2,1-4H3,(H,28,29)(H,30,31). The third-order valence-corrected chi connectivity index (χ3v) is 6.58. The number of carboxylic acid groups (broad SMARTS) is 2. The van der Waals surface area contributed by atoms with E-state index < -0.39 is 29.2 Å². The van der Waals surface area contributed by atoms with E-state index in [2.05, 4.69) is 0 Å². The number of fused-ring (bicyclic) bond motifs is 4. The highest BCUT2D eigenvalue weighted by atomic mass is 16.4. The molecule has 0 fully saturated rings. The van der Waals surface area contributed by atoms with E-state index in [0.717, 1.165) is 39.0 Å². The Morgan fingerprint density at radius 3 is 1.97 bits per heavy atom. The van der Waals surface area contributed by atoms with E-state index in [1.807, 2.05) is 50.2 Å². The second-order valence-corrected chi connectivity index (χ2v) is 8.86. The molecule has 1 aromatic heterocycles. The summed E-state index contributed by atoms with van der Waals surface area (Å²) in [5.41, 5.74) is 6.14. The number of hydrogen-bond acceptors (Lipinski definition) is 4. The molecule has 3 aromatic rings. The van der Waals surface area contributed by atoms with Crippen molar-refractivity contribution < 1.29 is 19.8 Å². The highest BCUT2D eigenvalue weighted by molar-refractivity contribution is 5.85. The van der Waals surface area contributed by atoms with Crippen molar-refractivity contribution in [2.75, 3.05) is 0 Å². The fraction of sp³-hybridized carbons (Fsp3) is 0.360. The van der Waals surface area contributed by atoms with Crippen LogP contribution in [0.5, 0.6) is 0 Å². The van der Waals surface area contributed by atoms with Gasteiger partial charge in [0, 0.05) is 11.0 Å². The van der Waals surface area contributed by atoms with E-state index in [9.17, 15) is 19.8 Å². The summed E-state index contributed by atoms with van der Waals surface area (Å²) in [5.74, 6) is -3.16. The van der Waals surface area contributed by atoms with Crippen LogP contribution in [0.1, 0.15) is 49.1 Å².